The van der Waals surface area contributed by atoms with Gasteiger partial charge in [0, 0.05) is 11.8 Å². The molecule has 0 aliphatic rings. The van der Waals surface area contributed by atoms with Crippen LogP contribution in [0.2, 0.25) is 0 Å². The minimum Gasteiger partial charge on any atom is -0.355 e. The zero-order valence-corrected chi connectivity index (χ0v) is 11.5. The van der Waals surface area contributed by atoms with Crippen LogP contribution in [0.15, 0.2) is 42.6 Å². The van der Waals surface area contributed by atoms with Crippen molar-refractivity contribution in [3.05, 3.63) is 48.2 Å². The van der Waals surface area contributed by atoms with Crippen LogP contribution in [0, 0.1) is 11.3 Å². The second kappa shape index (κ2) is 5.65. The number of rotatable bonds is 3. The lowest BCUT2D eigenvalue weighted by Gasteiger charge is -2.12. The zero-order valence-electron chi connectivity index (χ0n) is 10.7. The Morgan fingerprint density at radius 3 is 2.36 bits per heavy atom. The van der Waals surface area contributed by atoms with Crippen LogP contribution in [-0.4, -0.2) is 18.9 Å². The summed E-state index contributed by atoms with van der Waals surface area (Å²) in [6.07, 6.45) is 0.924. The van der Waals surface area contributed by atoms with Crippen molar-refractivity contribution in [2.75, 3.05) is 0 Å². The molecule has 0 bridgehead atoms. The van der Waals surface area contributed by atoms with Gasteiger partial charge in [-0.3, -0.25) is 0 Å². The number of aromatic nitrogens is 1. The highest BCUT2D eigenvalue weighted by molar-refractivity contribution is 7.88. The Morgan fingerprint density at radius 2 is 1.82 bits per heavy atom. The molecule has 0 amide bonds. The van der Waals surface area contributed by atoms with E-state index < -0.39 is 21.5 Å². The van der Waals surface area contributed by atoms with Crippen molar-refractivity contribution in [2.45, 2.75) is 5.51 Å². The summed E-state index contributed by atoms with van der Waals surface area (Å²) < 4.78 is 63.5. The van der Waals surface area contributed by atoms with E-state index in [-0.39, 0.29) is 11.1 Å². The molecule has 1 aromatic heterocycles. The molecular weight excluding hydrogens is 321 g/mol. The van der Waals surface area contributed by atoms with E-state index in [4.69, 9.17) is 5.26 Å². The maximum absolute atomic E-state index is 12.4. The molecular formula is C13H7F3N2O3S. The van der Waals surface area contributed by atoms with Crippen LogP contribution in [0.3, 0.4) is 0 Å². The van der Waals surface area contributed by atoms with Gasteiger partial charge >= 0.3 is 15.6 Å². The number of hydrogen-bond donors (Lipinski definition) is 0. The van der Waals surface area contributed by atoms with Gasteiger partial charge in [-0.05, 0) is 11.6 Å². The quantitative estimate of drug-likeness (QED) is 0.639. The van der Waals surface area contributed by atoms with Crippen molar-refractivity contribution in [3.63, 3.8) is 0 Å². The molecule has 0 N–H and O–H groups in total. The highest BCUT2D eigenvalue weighted by Crippen LogP contribution is 2.33. The first-order valence-corrected chi connectivity index (χ1v) is 7.12. The Morgan fingerprint density at radius 1 is 1.18 bits per heavy atom. The molecule has 2 aromatic rings. The van der Waals surface area contributed by atoms with E-state index in [1.165, 1.54) is 18.2 Å². The summed E-state index contributed by atoms with van der Waals surface area (Å²) in [5.41, 5.74) is -5.20. The minimum atomic E-state index is -5.85. The van der Waals surface area contributed by atoms with Crippen molar-refractivity contribution < 1.29 is 25.8 Å². The summed E-state index contributed by atoms with van der Waals surface area (Å²) in [5.74, 6) is -0.748. The third-order valence-electron chi connectivity index (χ3n) is 2.54. The standard InChI is InChI=1S/C13H7F3N2O3S/c14-13(15,16)22(19,20)21-12-11(6-9(7-17)8-18-12)10-4-2-1-3-5-10/h1-6,8H. The largest absolute Gasteiger partial charge is 0.534 e. The normalized spacial score (nSPS) is 11.7. The van der Waals surface area contributed by atoms with E-state index in [1.807, 2.05) is 0 Å². The summed E-state index contributed by atoms with van der Waals surface area (Å²) in [4.78, 5) is 3.50. The molecule has 0 fully saturated rings. The number of benzene rings is 1. The molecule has 22 heavy (non-hydrogen) atoms. The number of nitriles is 1. The van der Waals surface area contributed by atoms with Crippen LogP contribution >= 0.6 is 0 Å². The summed E-state index contributed by atoms with van der Waals surface area (Å²) in [6, 6.07) is 10.9. The Balaban J connectivity index is 2.56. The van der Waals surface area contributed by atoms with Gasteiger partial charge in [0.1, 0.15) is 6.07 Å². The third kappa shape index (κ3) is 3.17. The Bertz CT molecular complexity index is 828. The third-order valence-corrected chi connectivity index (χ3v) is 3.48. The maximum Gasteiger partial charge on any atom is 0.534 e. The Kier molecular flexibility index (Phi) is 4.05. The first-order valence-electron chi connectivity index (χ1n) is 5.71. The predicted octanol–water partition coefficient (Wildman–Crippen LogP) is 2.85. The van der Waals surface area contributed by atoms with Crippen LogP contribution < -0.4 is 4.18 Å². The number of alkyl halides is 3. The molecule has 1 heterocycles. The average Bonchev–Trinajstić information content (AvgIpc) is 2.47. The van der Waals surface area contributed by atoms with Gasteiger partial charge in [-0.15, -0.1) is 0 Å². The Hall–Kier alpha value is -2.60. The lowest BCUT2D eigenvalue weighted by molar-refractivity contribution is -0.0501. The molecule has 1 aromatic carbocycles. The van der Waals surface area contributed by atoms with Gasteiger partial charge in [0.05, 0.1) is 5.56 Å². The Labute approximate surface area is 123 Å². The first kappa shape index (κ1) is 15.8. The van der Waals surface area contributed by atoms with Crippen LogP contribution in [0.4, 0.5) is 13.2 Å². The fourth-order valence-corrected chi connectivity index (χ4v) is 1.99. The molecule has 0 spiro atoms. The van der Waals surface area contributed by atoms with Crippen molar-refractivity contribution in [3.8, 4) is 23.1 Å². The van der Waals surface area contributed by atoms with Gasteiger partial charge in [-0.2, -0.15) is 26.9 Å². The van der Waals surface area contributed by atoms with Crippen molar-refractivity contribution in [1.82, 2.24) is 4.98 Å². The second-order valence-electron chi connectivity index (χ2n) is 4.04. The van der Waals surface area contributed by atoms with E-state index in [1.54, 1.807) is 24.3 Å². The molecule has 5 nitrogen and oxygen atoms in total. The van der Waals surface area contributed by atoms with Gasteiger partial charge in [0.2, 0.25) is 5.88 Å². The van der Waals surface area contributed by atoms with E-state index in [0.717, 1.165) is 6.20 Å². The predicted molar refractivity (Wildman–Crippen MR) is 70.0 cm³/mol. The van der Waals surface area contributed by atoms with Gasteiger partial charge < -0.3 is 4.18 Å². The minimum absolute atomic E-state index is 0.0347. The van der Waals surface area contributed by atoms with Crippen LogP contribution in [-0.2, 0) is 10.1 Å². The van der Waals surface area contributed by atoms with Crippen LogP contribution in [0.25, 0.3) is 11.1 Å². The number of hydrogen-bond acceptors (Lipinski definition) is 5. The second-order valence-corrected chi connectivity index (χ2v) is 5.58. The number of pyridine rings is 1. The van der Waals surface area contributed by atoms with Crippen LogP contribution in [0.5, 0.6) is 5.88 Å². The smallest absolute Gasteiger partial charge is 0.355 e. The molecule has 0 saturated heterocycles. The SMILES string of the molecule is N#Cc1cnc(OS(=O)(=O)C(F)(F)F)c(-c2ccccc2)c1. The molecule has 0 aliphatic carbocycles. The lowest BCUT2D eigenvalue weighted by atomic mass is 10.1. The van der Waals surface area contributed by atoms with Gasteiger partial charge in [-0.25, -0.2) is 4.98 Å². The first-order chi connectivity index (χ1) is 10.2. The number of nitrogens with zero attached hydrogens (tertiary/aromatic N) is 2. The van der Waals surface area contributed by atoms with Crippen molar-refractivity contribution in [2.24, 2.45) is 0 Å². The highest BCUT2D eigenvalue weighted by atomic mass is 32.2. The fraction of sp³-hybridized carbons (Fsp3) is 0.0769. The topological polar surface area (TPSA) is 80.0 Å². The number of halogens is 3. The summed E-state index contributed by atoms with van der Waals surface area (Å²) in [6.45, 7) is 0. The highest BCUT2D eigenvalue weighted by Gasteiger charge is 2.49. The molecule has 0 unspecified atom stereocenters. The monoisotopic (exact) mass is 328 g/mol. The van der Waals surface area contributed by atoms with Crippen molar-refractivity contribution >= 4 is 10.1 Å². The zero-order chi connectivity index (χ0) is 16.4. The van der Waals surface area contributed by atoms with Gasteiger partial charge in [0.25, 0.3) is 0 Å². The molecule has 2 rings (SSSR count). The summed E-state index contributed by atoms with van der Waals surface area (Å²) >= 11 is 0. The van der Waals surface area contributed by atoms with E-state index >= 15 is 0 Å². The summed E-state index contributed by atoms with van der Waals surface area (Å²) in [7, 11) is -5.85. The average molecular weight is 328 g/mol. The summed E-state index contributed by atoms with van der Waals surface area (Å²) in [5, 5.41) is 8.83. The fourth-order valence-electron chi connectivity index (χ4n) is 1.56. The molecule has 0 saturated carbocycles. The van der Waals surface area contributed by atoms with E-state index in [9.17, 15) is 21.6 Å². The van der Waals surface area contributed by atoms with Gasteiger partial charge in [-0.1, -0.05) is 30.3 Å². The van der Waals surface area contributed by atoms with Gasteiger partial charge in [0.15, 0.2) is 0 Å². The lowest BCUT2D eigenvalue weighted by Crippen LogP contribution is -2.28. The molecule has 9 heteroatoms. The van der Waals surface area contributed by atoms with E-state index in [0.29, 0.717) is 5.56 Å². The molecule has 0 aliphatic heterocycles. The maximum atomic E-state index is 12.4. The molecule has 114 valence electrons. The molecule has 0 radical (unpaired) electrons. The van der Waals surface area contributed by atoms with Crippen molar-refractivity contribution in [1.29, 1.82) is 5.26 Å². The molecule has 0 atom stereocenters. The van der Waals surface area contributed by atoms with E-state index in [2.05, 4.69) is 9.17 Å². The van der Waals surface area contributed by atoms with Crippen LogP contribution in [0.1, 0.15) is 5.56 Å².